The third-order valence-electron chi connectivity index (χ3n) is 2.55. The smallest absolute Gasteiger partial charge is 0.313 e. The van der Waals surface area contributed by atoms with Crippen LogP contribution in [-0.2, 0) is 10.2 Å². The third kappa shape index (κ3) is 2.38. The highest BCUT2D eigenvalue weighted by Gasteiger charge is 2.35. The van der Waals surface area contributed by atoms with Gasteiger partial charge < -0.3 is 10.2 Å². The van der Waals surface area contributed by atoms with E-state index in [4.69, 9.17) is 5.11 Å². The third-order valence-corrected chi connectivity index (χ3v) is 3.24. The number of carboxylic acid groups (broad SMARTS) is 1. The Morgan fingerprint density at radius 1 is 1.47 bits per heavy atom. The lowest BCUT2D eigenvalue weighted by atomic mass is 9.80. The Bertz CT molecular complexity index is 365. The molecule has 0 radical (unpaired) electrons. The maximum absolute atomic E-state index is 11.2. The van der Waals surface area contributed by atoms with Gasteiger partial charge in [0.05, 0.1) is 5.41 Å². The molecule has 0 aliphatic rings. The van der Waals surface area contributed by atoms with E-state index in [1.165, 1.54) is 0 Å². The van der Waals surface area contributed by atoms with E-state index < -0.39 is 11.4 Å². The first-order chi connectivity index (χ1) is 7.02. The standard InChI is InChI=1S/C11H13BrO3/c1-11(6-7-13,10(14)15)8-4-2-3-5-9(8)12/h2-5,13H,6-7H2,1H3,(H,14,15). The molecule has 2 N–H and O–H groups in total. The first-order valence-corrected chi connectivity index (χ1v) is 5.41. The maximum atomic E-state index is 11.2. The van der Waals surface area contributed by atoms with Crippen molar-refractivity contribution in [2.45, 2.75) is 18.8 Å². The number of carbonyl (C=O) groups is 1. The van der Waals surface area contributed by atoms with Crippen LogP contribution in [0, 0.1) is 0 Å². The summed E-state index contributed by atoms with van der Waals surface area (Å²) in [6, 6.07) is 7.18. The first-order valence-electron chi connectivity index (χ1n) is 4.61. The summed E-state index contributed by atoms with van der Waals surface area (Å²) in [5.41, 5.74) is -0.360. The van der Waals surface area contributed by atoms with Gasteiger partial charge in [-0.2, -0.15) is 0 Å². The van der Waals surface area contributed by atoms with Gasteiger partial charge in [-0.15, -0.1) is 0 Å². The fourth-order valence-electron chi connectivity index (χ4n) is 1.49. The second kappa shape index (κ2) is 4.77. The van der Waals surface area contributed by atoms with Gasteiger partial charge in [0.2, 0.25) is 0 Å². The largest absolute Gasteiger partial charge is 0.481 e. The maximum Gasteiger partial charge on any atom is 0.313 e. The van der Waals surface area contributed by atoms with Crippen molar-refractivity contribution in [3.8, 4) is 0 Å². The Hall–Kier alpha value is -0.870. The lowest BCUT2D eigenvalue weighted by Gasteiger charge is -2.25. The van der Waals surface area contributed by atoms with Gasteiger partial charge in [0, 0.05) is 11.1 Å². The Morgan fingerprint density at radius 2 is 2.07 bits per heavy atom. The first kappa shape index (κ1) is 12.2. The molecule has 0 spiro atoms. The second-order valence-corrected chi connectivity index (χ2v) is 4.45. The van der Waals surface area contributed by atoms with Crippen molar-refractivity contribution in [2.75, 3.05) is 6.61 Å². The van der Waals surface area contributed by atoms with Crippen molar-refractivity contribution in [1.29, 1.82) is 0 Å². The lowest BCUT2D eigenvalue weighted by Crippen LogP contribution is -2.33. The van der Waals surface area contributed by atoms with Crippen LogP contribution in [-0.4, -0.2) is 22.8 Å². The number of aliphatic hydroxyl groups is 1. The zero-order valence-corrected chi connectivity index (χ0v) is 9.99. The van der Waals surface area contributed by atoms with Crippen molar-refractivity contribution >= 4 is 21.9 Å². The summed E-state index contributed by atoms with van der Waals surface area (Å²) in [4.78, 5) is 11.2. The molecule has 0 aliphatic carbocycles. The number of aliphatic hydroxyl groups excluding tert-OH is 1. The number of halogens is 1. The molecule has 1 unspecified atom stereocenters. The highest BCUT2D eigenvalue weighted by atomic mass is 79.9. The van der Waals surface area contributed by atoms with E-state index in [1.807, 2.05) is 6.07 Å². The number of hydrogen-bond acceptors (Lipinski definition) is 2. The van der Waals surface area contributed by atoms with Crippen LogP contribution in [0.1, 0.15) is 18.9 Å². The van der Waals surface area contributed by atoms with Gasteiger partial charge in [0.1, 0.15) is 0 Å². The number of hydrogen-bond donors (Lipinski definition) is 2. The molecular weight excluding hydrogens is 260 g/mol. The zero-order chi connectivity index (χ0) is 11.5. The number of aliphatic carboxylic acids is 1. The average molecular weight is 273 g/mol. The molecule has 0 saturated carbocycles. The van der Waals surface area contributed by atoms with E-state index in [9.17, 15) is 9.90 Å². The van der Waals surface area contributed by atoms with E-state index in [0.29, 0.717) is 5.56 Å². The molecule has 0 bridgehead atoms. The van der Waals surface area contributed by atoms with Gasteiger partial charge in [0.15, 0.2) is 0 Å². The van der Waals surface area contributed by atoms with Crippen LogP contribution < -0.4 is 0 Å². The molecule has 0 fully saturated rings. The molecule has 0 saturated heterocycles. The Morgan fingerprint density at radius 3 is 2.53 bits per heavy atom. The molecule has 3 nitrogen and oxygen atoms in total. The lowest BCUT2D eigenvalue weighted by molar-refractivity contribution is -0.143. The van der Waals surface area contributed by atoms with Crippen molar-refractivity contribution in [2.24, 2.45) is 0 Å². The van der Waals surface area contributed by atoms with E-state index in [-0.39, 0.29) is 13.0 Å². The Labute approximate surface area is 96.9 Å². The number of rotatable bonds is 4. The molecular formula is C11H13BrO3. The highest BCUT2D eigenvalue weighted by Crippen LogP contribution is 2.33. The van der Waals surface area contributed by atoms with Crippen LogP contribution in [0.3, 0.4) is 0 Å². The molecule has 0 aliphatic heterocycles. The second-order valence-electron chi connectivity index (χ2n) is 3.59. The zero-order valence-electron chi connectivity index (χ0n) is 8.40. The van der Waals surface area contributed by atoms with Crippen LogP contribution in [0.4, 0.5) is 0 Å². The van der Waals surface area contributed by atoms with E-state index in [0.717, 1.165) is 4.47 Å². The monoisotopic (exact) mass is 272 g/mol. The molecule has 0 heterocycles. The van der Waals surface area contributed by atoms with Crippen LogP contribution in [0.15, 0.2) is 28.7 Å². The minimum absolute atomic E-state index is 0.149. The van der Waals surface area contributed by atoms with Crippen molar-refractivity contribution in [3.05, 3.63) is 34.3 Å². The number of carboxylic acids is 1. The highest BCUT2D eigenvalue weighted by molar-refractivity contribution is 9.10. The topological polar surface area (TPSA) is 57.5 Å². The minimum atomic E-state index is -1.05. The summed E-state index contributed by atoms with van der Waals surface area (Å²) in [5, 5.41) is 18.1. The fourth-order valence-corrected chi connectivity index (χ4v) is 2.21. The molecule has 0 aromatic heterocycles. The summed E-state index contributed by atoms with van der Waals surface area (Å²) in [6.45, 7) is 1.47. The van der Waals surface area contributed by atoms with Gasteiger partial charge in [-0.05, 0) is 25.0 Å². The molecule has 82 valence electrons. The molecule has 0 amide bonds. The van der Waals surface area contributed by atoms with Gasteiger partial charge in [0.25, 0.3) is 0 Å². The van der Waals surface area contributed by atoms with Crippen LogP contribution in [0.2, 0.25) is 0 Å². The molecule has 1 aromatic carbocycles. The van der Waals surface area contributed by atoms with Gasteiger partial charge in [-0.1, -0.05) is 34.1 Å². The predicted molar refractivity (Wildman–Crippen MR) is 60.8 cm³/mol. The normalized spacial score (nSPS) is 14.6. The van der Waals surface area contributed by atoms with E-state index in [1.54, 1.807) is 25.1 Å². The van der Waals surface area contributed by atoms with E-state index in [2.05, 4.69) is 15.9 Å². The SMILES string of the molecule is CC(CCO)(C(=O)O)c1ccccc1Br. The van der Waals surface area contributed by atoms with Crippen LogP contribution >= 0.6 is 15.9 Å². The number of benzene rings is 1. The molecule has 1 rings (SSSR count). The Balaban J connectivity index is 3.21. The van der Waals surface area contributed by atoms with Crippen molar-refractivity contribution in [1.82, 2.24) is 0 Å². The quantitative estimate of drug-likeness (QED) is 0.884. The van der Waals surface area contributed by atoms with Crippen molar-refractivity contribution < 1.29 is 15.0 Å². The molecule has 15 heavy (non-hydrogen) atoms. The van der Waals surface area contributed by atoms with E-state index >= 15 is 0 Å². The molecule has 1 aromatic rings. The summed E-state index contributed by atoms with van der Waals surface area (Å²) in [5.74, 6) is -0.927. The summed E-state index contributed by atoms with van der Waals surface area (Å²) in [6.07, 6.45) is 0.199. The molecule has 4 heteroatoms. The van der Waals surface area contributed by atoms with Gasteiger partial charge in [-0.25, -0.2) is 0 Å². The fraction of sp³-hybridized carbons (Fsp3) is 0.364. The van der Waals surface area contributed by atoms with Gasteiger partial charge >= 0.3 is 5.97 Å². The summed E-state index contributed by atoms with van der Waals surface area (Å²) < 4.78 is 0.753. The van der Waals surface area contributed by atoms with Gasteiger partial charge in [-0.3, -0.25) is 4.79 Å². The predicted octanol–water partition coefficient (Wildman–Crippen LogP) is 2.17. The Kier molecular flexibility index (Phi) is 3.88. The van der Waals surface area contributed by atoms with Crippen LogP contribution in [0.25, 0.3) is 0 Å². The minimum Gasteiger partial charge on any atom is -0.481 e. The van der Waals surface area contributed by atoms with Crippen molar-refractivity contribution in [3.63, 3.8) is 0 Å². The average Bonchev–Trinajstić information content (AvgIpc) is 2.18. The van der Waals surface area contributed by atoms with Crippen LogP contribution in [0.5, 0.6) is 0 Å². The summed E-state index contributed by atoms with van der Waals surface area (Å²) >= 11 is 3.33. The molecule has 1 atom stereocenters. The summed E-state index contributed by atoms with van der Waals surface area (Å²) in [7, 11) is 0.